The van der Waals surface area contributed by atoms with Gasteiger partial charge in [-0.1, -0.05) is 19.1 Å². The topological polar surface area (TPSA) is 29.9 Å². The first-order valence-corrected chi connectivity index (χ1v) is 6.49. The zero-order valence-electron chi connectivity index (χ0n) is 11.4. The van der Waals surface area contributed by atoms with E-state index in [1.54, 1.807) is 6.07 Å². The van der Waals surface area contributed by atoms with Crippen LogP contribution in [-0.4, -0.2) is 16.3 Å². The van der Waals surface area contributed by atoms with Gasteiger partial charge in [0.25, 0.3) is 0 Å². The summed E-state index contributed by atoms with van der Waals surface area (Å²) in [7, 11) is 0. The normalized spacial score (nSPS) is 11.9. The van der Waals surface area contributed by atoms with Crippen LogP contribution >= 0.6 is 0 Å². The Morgan fingerprint density at radius 1 is 1.29 bits per heavy atom. The Morgan fingerprint density at radius 2 is 2.05 bits per heavy atom. The zero-order chi connectivity index (χ0) is 15.5. The van der Waals surface area contributed by atoms with Gasteiger partial charge in [-0.2, -0.15) is 18.3 Å². The molecule has 114 valence electrons. The maximum absolute atomic E-state index is 13.2. The highest BCUT2D eigenvalue weighted by molar-refractivity contribution is 5.23. The molecule has 7 heteroatoms. The van der Waals surface area contributed by atoms with Crippen LogP contribution in [-0.2, 0) is 19.3 Å². The van der Waals surface area contributed by atoms with Gasteiger partial charge in [0, 0.05) is 12.1 Å². The van der Waals surface area contributed by atoms with Crippen LogP contribution in [0.1, 0.15) is 23.7 Å². The fraction of sp³-hybridized carbons (Fsp3) is 0.357. The standard InChI is InChI=1S/C14H15F4N3/c1-2-19-7-11-8-20-21(13(11)14(16,17)18)9-10-4-3-5-12(15)6-10/h3-6,8,19H,2,7,9H2,1H3. The second-order valence-corrected chi connectivity index (χ2v) is 4.58. The van der Waals surface area contributed by atoms with Crippen molar-refractivity contribution < 1.29 is 17.6 Å². The highest BCUT2D eigenvalue weighted by Gasteiger charge is 2.37. The Bertz CT molecular complexity index is 605. The summed E-state index contributed by atoms with van der Waals surface area (Å²) in [6, 6.07) is 5.47. The fourth-order valence-corrected chi connectivity index (χ4v) is 2.07. The molecule has 1 aromatic heterocycles. The molecular weight excluding hydrogens is 286 g/mol. The first-order valence-electron chi connectivity index (χ1n) is 6.49. The molecule has 0 unspecified atom stereocenters. The number of rotatable bonds is 5. The maximum Gasteiger partial charge on any atom is 0.433 e. The van der Waals surface area contributed by atoms with Crippen molar-refractivity contribution in [1.82, 2.24) is 15.1 Å². The predicted molar refractivity (Wildman–Crippen MR) is 70.1 cm³/mol. The van der Waals surface area contributed by atoms with E-state index in [9.17, 15) is 17.6 Å². The molecule has 1 N–H and O–H groups in total. The van der Waals surface area contributed by atoms with Crippen LogP contribution in [0.25, 0.3) is 0 Å². The average Bonchev–Trinajstić information content (AvgIpc) is 2.79. The lowest BCUT2D eigenvalue weighted by Crippen LogP contribution is -2.20. The van der Waals surface area contributed by atoms with Gasteiger partial charge in [0.2, 0.25) is 0 Å². The van der Waals surface area contributed by atoms with E-state index in [0.717, 1.165) is 4.68 Å². The van der Waals surface area contributed by atoms with Gasteiger partial charge in [-0.3, -0.25) is 4.68 Å². The second-order valence-electron chi connectivity index (χ2n) is 4.58. The van der Waals surface area contributed by atoms with Gasteiger partial charge in [-0.25, -0.2) is 4.39 Å². The lowest BCUT2D eigenvalue weighted by molar-refractivity contribution is -0.144. The van der Waals surface area contributed by atoms with Crippen LogP contribution in [0.2, 0.25) is 0 Å². The molecular formula is C14H15F4N3. The molecule has 0 saturated carbocycles. The van der Waals surface area contributed by atoms with Gasteiger partial charge < -0.3 is 5.32 Å². The minimum Gasteiger partial charge on any atom is -0.313 e. The summed E-state index contributed by atoms with van der Waals surface area (Å²) in [6.45, 7) is 2.34. The van der Waals surface area contributed by atoms with Crippen molar-refractivity contribution in [3.63, 3.8) is 0 Å². The fourth-order valence-electron chi connectivity index (χ4n) is 2.07. The molecule has 0 amide bonds. The Morgan fingerprint density at radius 3 is 2.67 bits per heavy atom. The van der Waals surface area contributed by atoms with Gasteiger partial charge in [-0.05, 0) is 24.2 Å². The molecule has 0 fully saturated rings. The van der Waals surface area contributed by atoms with Crippen LogP contribution in [0.4, 0.5) is 17.6 Å². The van der Waals surface area contributed by atoms with Crippen LogP contribution < -0.4 is 5.32 Å². The summed E-state index contributed by atoms with van der Waals surface area (Å²) in [5, 5.41) is 6.64. The van der Waals surface area contributed by atoms with Crippen molar-refractivity contribution in [2.45, 2.75) is 26.2 Å². The zero-order valence-corrected chi connectivity index (χ0v) is 11.4. The molecule has 0 atom stereocenters. The first-order chi connectivity index (χ1) is 9.91. The van der Waals surface area contributed by atoms with Gasteiger partial charge in [0.05, 0.1) is 12.7 Å². The lowest BCUT2D eigenvalue weighted by atomic mass is 10.2. The number of nitrogens with one attached hydrogen (secondary N) is 1. The molecule has 3 nitrogen and oxygen atoms in total. The van der Waals surface area contributed by atoms with E-state index in [-0.39, 0.29) is 18.7 Å². The Kier molecular flexibility index (Phi) is 4.62. The number of hydrogen-bond donors (Lipinski definition) is 1. The number of halogens is 4. The molecule has 0 saturated heterocycles. The number of alkyl halides is 3. The summed E-state index contributed by atoms with van der Waals surface area (Å²) >= 11 is 0. The minimum atomic E-state index is -4.51. The largest absolute Gasteiger partial charge is 0.433 e. The SMILES string of the molecule is CCNCc1cnn(Cc2cccc(F)c2)c1C(F)(F)F. The molecule has 1 aromatic carbocycles. The third-order valence-electron chi connectivity index (χ3n) is 2.97. The van der Waals surface area contributed by atoms with Crippen molar-refractivity contribution in [3.8, 4) is 0 Å². The third-order valence-corrected chi connectivity index (χ3v) is 2.97. The lowest BCUT2D eigenvalue weighted by Gasteiger charge is -2.13. The van der Waals surface area contributed by atoms with Crippen molar-refractivity contribution in [1.29, 1.82) is 0 Å². The van der Waals surface area contributed by atoms with Crippen molar-refractivity contribution in [2.24, 2.45) is 0 Å². The van der Waals surface area contributed by atoms with E-state index in [2.05, 4.69) is 10.4 Å². The van der Waals surface area contributed by atoms with E-state index < -0.39 is 17.7 Å². The predicted octanol–water partition coefficient (Wildman–Crippen LogP) is 3.20. The molecule has 2 aromatic rings. The highest BCUT2D eigenvalue weighted by atomic mass is 19.4. The number of benzene rings is 1. The van der Waals surface area contributed by atoms with Crippen LogP contribution in [0.15, 0.2) is 30.5 Å². The van der Waals surface area contributed by atoms with E-state index in [4.69, 9.17) is 0 Å². The minimum absolute atomic E-state index is 0.0840. The van der Waals surface area contributed by atoms with E-state index in [1.807, 2.05) is 6.92 Å². The molecule has 0 radical (unpaired) electrons. The van der Waals surface area contributed by atoms with Crippen molar-refractivity contribution in [3.05, 3.63) is 53.1 Å². The van der Waals surface area contributed by atoms with Crippen LogP contribution in [0.3, 0.4) is 0 Å². The Labute approximate surface area is 119 Å². The monoisotopic (exact) mass is 301 g/mol. The van der Waals surface area contributed by atoms with E-state index in [0.29, 0.717) is 12.1 Å². The molecule has 2 rings (SSSR count). The summed E-state index contributed by atoms with van der Waals surface area (Å²) < 4.78 is 53.5. The molecule has 0 aliphatic rings. The first kappa shape index (κ1) is 15.5. The summed E-state index contributed by atoms with van der Waals surface area (Å²) in [6.07, 6.45) is -3.31. The maximum atomic E-state index is 13.2. The van der Waals surface area contributed by atoms with Crippen LogP contribution in [0.5, 0.6) is 0 Å². The van der Waals surface area contributed by atoms with Gasteiger partial charge in [-0.15, -0.1) is 0 Å². The van der Waals surface area contributed by atoms with E-state index >= 15 is 0 Å². The van der Waals surface area contributed by atoms with Crippen molar-refractivity contribution >= 4 is 0 Å². The van der Waals surface area contributed by atoms with Gasteiger partial charge in [0.1, 0.15) is 11.5 Å². The number of nitrogens with zero attached hydrogens (tertiary/aromatic N) is 2. The summed E-state index contributed by atoms with van der Waals surface area (Å²) in [5.41, 5.74) is -0.285. The van der Waals surface area contributed by atoms with Gasteiger partial charge >= 0.3 is 6.18 Å². The highest BCUT2D eigenvalue weighted by Crippen LogP contribution is 2.32. The molecule has 0 bridgehead atoms. The van der Waals surface area contributed by atoms with Crippen molar-refractivity contribution in [2.75, 3.05) is 6.54 Å². The Balaban J connectivity index is 2.33. The number of hydrogen-bond acceptors (Lipinski definition) is 2. The summed E-state index contributed by atoms with van der Waals surface area (Å²) in [5.74, 6) is -0.485. The van der Waals surface area contributed by atoms with E-state index in [1.165, 1.54) is 24.4 Å². The number of aromatic nitrogens is 2. The molecule has 0 aliphatic heterocycles. The molecule has 0 spiro atoms. The third kappa shape index (κ3) is 3.81. The quantitative estimate of drug-likeness (QED) is 0.860. The smallest absolute Gasteiger partial charge is 0.313 e. The average molecular weight is 301 g/mol. The molecule has 1 heterocycles. The summed E-state index contributed by atoms with van der Waals surface area (Å²) in [4.78, 5) is 0. The Hall–Kier alpha value is -1.89. The second kappa shape index (κ2) is 6.26. The molecule has 0 aliphatic carbocycles. The van der Waals surface area contributed by atoms with Gasteiger partial charge in [0.15, 0.2) is 0 Å². The van der Waals surface area contributed by atoms with Crippen LogP contribution in [0, 0.1) is 5.82 Å². The molecule has 21 heavy (non-hydrogen) atoms.